The number of furan rings is 1. The number of fused-ring (bicyclic) bond motifs is 3. The lowest BCUT2D eigenvalue weighted by atomic mass is 10.1. The molecule has 3 rings (SSSR count). The maximum atomic E-state index is 11.9. The highest BCUT2D eigenvalue weighted by atomic mass is 16.3. The summed E-state index contributed by atoms with van der Waals surface area (Å²) in [6.07, 6.45) is 7.35. The van der Waals surface area contributed by atoms with Crippen molar-refractivity contribution in [3.63, 3.8) is 0 Å². The summed E-state index contributed by atoms with van der Waals surface area (Å²) in [6.45, 7) is 5.67. The van der Waals surface area contributed by atoms with Gasteiger partial charge in [0.2, 0.25) is 5.91 Å². The Bertz CT molecular complexity index is 838. The summed E-state index contributed by atoms with van der Waals surface area (Å²) in [6, 6.07) is 7.63. The van der Waals surface area contributed by atoms with E-state index in [1.54, 1.807) is 6.08 Å². The number of allylic oxidation sites excluding steroid dienone is 5. The highest BCUT2D eigenvalue weighted by molar-refractivity contribution is 6.21. The van der Waals surface area contributed by atoms with Crippen LogP contribution in [0.4, 0.5) is 5.69 Å². The van der Waals surface area contributed by atoms with Crippen molar-refractivity contribution in [2.45, 2.75) is 6.92 Å². The van der Waals surface area contributed by atoms with E-state index in [-0.39, 0.29) is 12.5 Å². The van der Waals surface area contributed by atoms with Crippen LogP contribution in [0.5, 0.6) is 0 Å². The lowest BCUT2D eigenvalue weighted by molar-refractivity contribution is -0.114. The van der Waals surface area contributed by atoms with Gasteiger partial charge in [0.1, 0.15) is 17.8 Å². The fourth-order valence-corrected chi connectivity index (χ4v) is 2.40. The van der Waals surface area contributed by atoms with Gasteiger partial charge in [0.15, 0.2) is 5.76 Å². The van der Waals surface area contributed by atoms with Crippen molar-refractivity contribution in [2.75, 3.05) is 11.9 Å². The Balaban J connectivity index is 2.16. The largest absolute Gasteiger partial charge is 0.452 e. The highest BCUT2D eigenvalue weighted by Gasteiger charge is 2.24. The number of carbonyl (C=O) groups excluding carboxylic acids is 1. The van der Waals surface area contributed by atoms with Crippen LogP contribution < -0.4 is 5.32 Å². The molecule has 0 unspecified atom stereocenters. The van der Waals surface area contributed by atoms with Crippen LogP contribution in [0, 0.1) is 0 Å². The van der Waals surface area contributed by atoms with E-state index in [9.17, 15) is 4.79 Å². The van der Waals surface area contributed by atoms with Crippen molar-refractivity contribution in [2.24, 2.45) is 4.99 Å². The van der Waals surface area contributed by atoms with Gasteiger partial charge < -0.3 is 9.73 Å². The van der Waals surface area contributed by atoms with Crippen molar-refractivity contribution in [1.82, 2.24) is 0 Å². The molecule has 2 aromatic rings. The van der Waals surface area contributed by atoms with Crippen molar-refractivity contribution < 1.29 is 9.21 Å². The van der Waals surface area contributed by atoms with Crippen LogP contribution in [0.15, 0.2) is 70.1 Å². The third kappa shape index (κ3) is 2.51. The number of nitrogens with one attached hydrogen (secondary N) is 1. The Morgan fingerprint density at radius 1 is 1.36 bits per heavy atom. The first-order valence-electron chi connectivity index (χ1n) is 7.03. The molecule has 0 atom stereocenters. The molecular formula is C18H16N2O2. The normalized spacial score (nSPS) is 15.4. The van der Waals surface area contributed by atoms with Gasteiger partial charge in [-0.25, -0.2) is 0 Å². The second-order valence-corrected chi connectivity index (χ2v) is 4.99. The Hall–Kier alpha value is -2.88. The zero-order valence-corrected chi connectivity index (χ0v) is 12.3. The number of aliphatic imine (C=N–C) groups is 1. The van der Waals surface area contributed by atoms with Crippen LogP contribution >= 0.6 is 0 Å². The van der Waals surface area contributed by atoms with Crippen LogP contribution in [-0.2, 0) is 4.79 Å². The highest BCUT2D eigenvalue weighted by Crippen LogP contribution is 2.33. The number of hydrogen-bond donors (Lipinski definition) is 1. The summed E-state index contributed by atoms with van der Waals surface area (Å²) in [7, 11) is 0. The molecule has 0 saturated carbocycles. The minimum absolute atomic E-state index is 0.0875. The fraction of sp³-hybridized carbons (Fsp3) is 0.111. The lowest BCUT2D eigenvalue weighted by Gasteiger charge is -2.03. The van der Waals surface area contributed by atoms with Gasteiger partial charge in [-0.1, -0.05) is 43.0 Å². The summed E-state index contributed by atoms with van der Waals surface area (Å²) < 4.78 is 5.93. The first-order chi connectivity index (χ1) is 10.7. The smallest absolute Gasteiger partial charge is 0.246 e. The molecule has 4 heteroatoms. The van der Waals surface area contributed by atoms with Gasteiger partial charge in [-0.05, 0) is 24.6 Å². The van der Waals surface area contributed by atoms with Crippen molar-refractivity contribution in [3.8, 4) is 0 Å². The minimum Gasteiger partial charge on any atom is -0.452 e. The van der Waals surface area contributed by atoms with Gasteiger partial charge in [0, 0.05) is 5.39 Å². The van der Waals surface area contributed by atoms with E-state index >= 15 is 0 Å². The predicted molar refractivity (Wildman–Crippen MR) is 89.3 cm³/mol. The Kier molecular flexibility index (Phi) is 3.74. The number of carbonyl (C=O) groups is 1. The number of nitrogens with zero attached hydrogens (tertiary/aromatic N) is 1. The molecule has 1 aromatic carbocycles. The number of amides is 1. The van der Waals surface area contributed by atoms with Crippen molar-refractivity contribution in [3.05, 3.63) is 66.5 Å². The number of anilines is 1. The van der Waals surface area contributed by atoms with E-state index in [4.69, 9.17) is 4.42 Å². The molecule has 2 heterocycles. The maximum Gasteiger partial charge on any atom is 0.246 e. The van der Waals surface area contributed by atoms with Gasteiger partial charge in [-0.2, -0.15) is 0 Å². The van der Waals surface area contributed by atoms with Crippen molar-refractivity contribution >= 4 is 28.3 Å². The molecule has 0 fully saturated rings. The molecule has 1 aliphatic heterocycles. The summed E-state index contributed by atoms with van der Waals surface area (Å²) >= 11 is 0. The molecule has 0 saturated heterocycles. The van der Waals surface area contributed by atoms with Gasteiger partial charge in [-0.3, -0.25) is 9.79 Å². The van der Waals surface area contributed by atoms with E-state index in [1.807, 2.05) is 49.4 Å². The van der Waals surface area contributed by atoms with Crippen LogP contribution in [0.25, 0.3) is 11.0 Å². The second-order valence-electron chi connectivity index (χ2n) is 4.99. The third-order valence-corrected chi connectivity index (χ3v) is 3.42. The summed E-state index contributed by atoms with van der Waals surface area (Å²) in [5.74, 6) is 0.463. The number of para-hydroxylation sites is 1. The number of benzene rings is 1. The first-order valence-corrected chi connectivity index (χ1v) is 7.03. The van der Waals surface area contributed by atoms with E-state index in [0.717, 1.165) is 16.5 Å². The molecule has 0 spiro atoms. The Labute approximate surface area is 128 Å². The van der Waals surface area contributed by atoms with Gasteiger partial charge in [-0.15, -0.1) is 0 Å². The van der Waals surface area contributed by atoms with E-state index in [1.165, 1.54) is 0 Å². The van der Waals surface area contributed by atoms with Crippen LogP contribution in [0.2, 0.25) is 0 Å². The van der Waals surface area contributed by atoms with Gasteiger partial charge in [0.05, 0.1) is 5.69 Å². The molecule has 1 aromatic heterocycles. The third-order valence-electron chi connectivity index (χ3n) is 3.42. The molecular weight excluding hydrogens is 276 g/mol. The van der Waals surface area contributed by atoms with Gasteiger partial charge in [0.25, 0.3) is 0 Å². The summed E-state index contributed by atoms with van der Waals surface area (Å²) in [5, 5.41) is 3.77. The molecule has 1 aliphatic rings. The molecule has 1 N–H and O–H groups in total. The lowest BCUT2D eigenvalue weighted by Crippen LogP contribution is -2.13. The van der Waals surface area contributed by atoms with Crippen LogP contribution in [0.1, 0.15) is 12.7 Å². The molecule has 0 bridgehead atoms. The number of hydrogen-bond acceptors (Lipinski definition) is 3. The van der Waals surface area contributed by atoms with Crippen molar-refractivity contribution in [1.29, 1.82) is 0 Å². The molecule has 110 valence electrons. The maximum absolute atomic E-state index is 11.9. The summed E-state index contributed by atoms with van der Waals surface area (Å²) in [5.41, 5.74) is 3.04. The predicted octanol–water partition coefficient (Wildman–Crippen LogP) is 3.86. The van der Waals surface area contributed by atoms with E-state index in [0.29, 0.717) is 17.2 Å². The molecule has 22 heavy (non-hydrogen) atoms. The first kappa shape index (κ1) is 14.1. The topological polar surface area (TPSA) is 54.6 Å². The Morgan fingerprint density at radius 2 is 2.18 bits per heavy atom. The average molecular weight is 292 g/mol. The van der Waals surface area contributed by atoms with E-state index < -0.39 is 0 Å². The SMILES string of the molecule is C=C/C=C\C=C(/C)C1=NCC(=O)Nc2c1oc1ccccc21. The molecule has 4 nitrogen and oxygen atoms in total. The zero-order chi connectivity index (χ0) is 15.5. The molecule has 0 aliphatic carbocycles. The Morgan fingerprint density at radius 3 is 3.00 bits per heavy atom. The zero-order valence-electron chi connectivity index (χ0n) is 12.3. The molecule has 0 radical (unpaired) electrons. The standard InChI is InChI=1S/C18H16N2O2/c1-3-4-5-8-12(2)16-18-17(20-15(21)11-19-16)13-9-6-7-10-14(13)22-18/h3-10H,1,11H2,2H3,(H,20,21)/b5-4-,12-8+. The minimum atomic E-state index is -0.141. The quantitative estimate of drug-likeness (QED) is 0.873. The number of rotatable bonds is 3. The average Bonchev–Trinajstić information content (AvgIpc) is 2.78. The van der Waals surface area contributed by atoms with Crippen LogP contribution in [0.3, 0.4) is 0 Å². The second kappa shape index (κ2) is 5.85. The monoisotopic (exact) mass is 292 g/mol. The van der Waals surface area contributed by atoms with Crippen LogP contribution in [-0.4, -0.2) is 18.2 Å². The summed E-state index contributed by atoms with van der Waals surface area (Å²) in [4.78, 5) is 16.3. The van der Waals surface area contributed by atoms with Gasteiger partial charge >= 0.3 is 0 Å². The fourth-order valence-electron chi connectivity index (χ4n) is 2.40. The van der Waals surface area contributed by atoms with E-state index in [2.05, 4.69) is 16.9 Å². The molecule has 1 amide bonds.